The van der Waals surface area contributed by atoms with Crippen LogP contribution in [0, 0.1) is 0 Å². The molecule has 4 rings (SSSR count). The van der Waals surface area contributed by atoms with Crippen molar-refractivity contribution in [2.24, 2.45) is 0 Å². The summed E-state index contributed by atoms with van der Waals surface area (Å²) < 4.78 is 5.71. The Kier molecular flexibility index (Phi) is 6.19. The molecule has 3 aromatic rings. The minimum absolute atomic E-state index is 0. The molecule has 1 aliphatic rings. The smallest absolute Gasteiger partial charge is 0.228 e. The third-order valence-electron chi connectivity index (χ3n) is 5.08. The zero-order valence-corrected chi connectivity index (χ0v) is 16.3. The number of fused-ring (bicyclic) bond motifs is 2. The topological polar surface area (TPSA) is 54.3 Å². The summed E-state index contributed by atoms with van der Waals surface area (Å²) in [6.07, 6.45) is 5.51. The van der Waals surface area contributed by atoms with Crippen LogP contribution in [0.1, 0.15) is 35.6 Å². The summed E-state index contributed by atoms with van der Waals surface area (Å²) in [7, 11) is 0. The van der Waals surface area contributed by atoms with E-state index in [4.69, 9.17) is 4.42 Å². The number of anilines is 1. The minimum atomic E-state index is -0.0165. The molecule has 0 unspecified atom stereocenters. The molecule has 0 aliphatic heterocycles. The van der Waals surface area contributed by atoms with Crippen molar-refractivity contribution in [3.05, 3.63) is 64.9 Å². The third kappa shape index (κ3) is 4.18. The number of para-hydroxylation sites is 1. The van der Waals surface area contributed by atoms with Gasteiger partial charge in [-0.25, -0.2) is 0 Å². The quantitative estimate of drug-likeness (QED) is 0.651. The van der Waals surface area contributed by atoms with Crippen LogP contribution in [0.2, 0.25) is 0 Å². The number of carbonyl (C=O) groups is 1. The molecule has 0 spiro atoms. The first-order valence-electron chi connectivity index (χ1n) is 9.35. The fraction of sp³-hybridized carbons (Fsp3) is 0.318. The molecular weight excluding hydrogens is 360 g/mol. The van der Waals surface area contributed by atoms with E-state index in [1.807, 2.05) is 24.3 Å². The van der Waals surface area contributed by atoms with Gasteiger partial charge in [0.2, 0.25) is 5.91 Å². The Morgan fingerprint density at radius 2 is 1.89 bits per heavy atom. The summed E-state index contributed by atoms with van der Waals surface area (Å²) in [5, 5.41) is 7.43. The van der Waals surface area contributed by atoms with E-state index in [9.17, 15) is 4.79 Å². The lowest BCUT2D eigenvalue weighted by molar-refractivity contribution is -0.115. The second-order valence-corrected chi connectivity index (χ2v) is 6.89. The number of hydrogen-bond acceptors (Lipinski definition) is 3. The third-order valence-corrected chi connectivity index (χ3v) is 5.08. The zero-order chi connectivity index (χ0) is 17.9. The molecule has 1 heterocycles. The van der Waals surface area contributed by atoms with E-state index >= 15 is 0 Å². The van der Waals surface area contributed by atoms with Gasteiger partial charge in [-0.1, -0.05) is 25.1 Å². The number of aryl methyl sites for hydroxylation is 2. The normalized spacial score (nSPS) is 12.6. The van der Waals surface area contributed by atoms with Crippen LogP contribution in [0.4, 0.5) is 5.69 Å². The van der Waals surface area contributed by atoms with E-state index < -0.39 is 0 Å². The molecule has 0 saturated carbocycles. The van der Waals surface area contributed by atoms with Gasteiger partial charge in [0.1, 0.15) is 5.58 Å². The zero-order valence-electron chi connectivity index (χ0n) is 15.5. The maximum Gasteiger partial charge on any atom is 0.228 e. The van der Waals surface area contributed by atoms with Gasteiger partial charge >= 0.3 is 0 Å². The van der Waals surface area contributed by atoms with Gasteiger partial charge in [0.25, 0.3) is 0 Å². The van der Waals surface area contributed by atoms with Crippen LogP contribution in [-0.4, -0.2) is 12.5 Å². The highest BCUT2D eigenvalue weighted by molar-refractivity contribution is 5.96. The Balaban J connectivity index is 0.00000210. The highest BCUT2D eigenvalue weighted by Gasteiger charge is 2.17. The maximum atomic E-state index is 12.6. The van der Waals surface area contributed by atoms with E-state index in [1.165, 1.54) is 17.5 Å². The Morgan fingerprint density at radius 3 is 2.70 bits per heavy atom. The second-order valence-electron chi connectivity index (χ2n) is 6.89. The lowest BCUT2D eigenvalue weighted by Crippen LogP contribution is -2.18. The molecule has 0 fully saturated rings. The van der Waals surface area contributed by atoms with Crippen LogP contribution >= 0.6 is 12.4 Å². The molecular formula is C22H25ClN2O2. The first-order valence-corrected chi connectivity index (χ1v) is 9.35. The van der Waals surface area contributed by atoms with Crippen LogP contribution in [-0.2, 0) is 30.6 Å². The van der Waals surface area contributed by atoms with Gasteiger partial charge in [-0.05, 0) is 60.7 Å². The Morgan fingerprint density at radius 1 is 1.11 bits per heavy atom. The first-order chi connectivity index (χ1) is 12.7. The van der Waals surface area contributed by atoms with Crippen LogP contribution in [0.15, 0.2) is 47.1 Å². The van der Waals surface area contributed by atoms with Crippen molar-refractivity contribution < 1.29 is 9.21 Å². The van der Waals surface area contributed by atoms with Gasteiger partial charge < -0.3 is 15.1 Å². The van der Waals surface area contributed by atoms with Crippen molar-refractivity contribution in [2.45, 2.75) is 39.2 Å². The summed E-state index contributed by atoms with van der Waals surface area (Å²) in [5.74, 6) is -0.0165. The van der Waals surface area contributed by atoms with Crippen LogP contribution in [0.5, 0.6) is 0 Å². The minimum Gasteiger partial charge on any atom is -0.464 e. The molecule has 0 saturated heterocycles. The Hall–Kier alpha value is -2.30. The highest BCUT2D eigenvalue weighted by Crippen LogP contribution is 2.30. The lowest BCUT2D eigenvalue weighted by atomic mass is 10.0. The summed E-state index contributed by atoms with van der Waals surface area (Å²) in [5.41, 5.74) is 6.60. The number of nitrogens with one attached hydrogen (secondary N) is 2. The summed E-state index contributed by atoms with van der Waals surface area (Å²) in [4.78, 5) is 12.6. The standard InChI is InChI=1S/C22H24N2O2.ClH/c1-2-23-13-17-6-3-4-9-20(17)24-22(25)12-18-14-26-21-11-16-8-5-7-15(16)10-19(18)21;/h3-4,6,9-11,14,23H,2,5,7-8,12-13H2,1H3,(H,24,25);1H. The van der Waals surface area contributed by atoms with Gasteiger partial charge in [0.15, 0.2) is 0 Å². The number of furan rings is 1. The van der Waals surface area contributed by atoms with Gasteiger partial charge in [-0.15, -0.1) is 12.4 Å². The molecule has 5 heteroatoms. The fourth-order valence-electron chi connectivity index (χ4n) is 3.71. The van der Waals surface area contributed by atoms with Crippen molar-refractivity contribution in [3.8, 4) is 0 Å². The Labute approximate surface area is 165 Å². The first kappa shape index (κ1) is 19.5. The van der Waals surface area contributed by atoms with Crippen molar-refractivity contribution in [1.29, 1.82) is 0 Å². The Bertz CT molecular complexity index is 949. The summed E-state index contributed by atoms with van der Waals surface area (Å²) in [6.45, 7) is 3.71. The monoisotopic (exact) mass is 384 g/mol. The fourth-order valence-corrected chi connectivity index (χ4v) is 3.71. The molecule has 142 valence electrons. The largest absolute Gasteiger partial charge is 0.464 e. The number of halogens is 1. The van der Waals surface area contributed by atoms with Crippen LogP contribution < -0.4 is 10.6 Å². The van der Waals surface area contributed by atoms with E-state index in [2.05, 4.69) is 29.7 Å². The van der Waals surface area contributed by atoms with Gasteiger partial charge in [0.05, 0.1) is 12.7 Å². The number of amides is 1. The molecule has 1 aliphatic carbocycles. The van der Waals surface area contributed by atoms with Crippen molar-refractivity contribution >= 4 is 35.0 Å². The van der Waals surface area contributed by atoms with E-state index in [-0.39, 0.29) is 18.3 Å². The predicted molar refractivity (Wildman–Crippen MR) is 112 cm³/mol. The SMILES string of the molecule is CCNCc1ccccc1NC(=O)Cc1coc2cc3c(cc12)CCC3.Cl. The molecule has 2 N–H and O–H groups in total. The van der Waals surface area contributed by atoms with Gasteiger partial charge in [-0.2, -0.15) is 0 Å². The number of benzene rings is 2. The molecule has 1 amide bonds. The van der Waals surface area contributed by atoms with E-state index in [0.29, 0.717) is 6.42 Å². The molecule has 2 aromatic carbocycles. The van der Waals surface area contributed by atoms with Crippen LogP contribution in [0.3, 0.4) is 0 Å². The molecule has 1 aromatic heterocycles. The summed E-state index contributed by atoms with van der Waals surface area (Å²) in [6, 6.07) is 12.3. The van der Waals surface area contributed by atoms with Crippen molar-refractivity contribution in [3.63, 3.8) is 0 Å². The van der Waals surface area contributed by atoms with Gasteiger partial charge in [0, 0.05) is 23.2 Å². The number of carbonyl (C=O) groups excluding carboxylic acids is 1. The lowest BCUT2D eigenvalue weighted by Gasteiger charge is -2.11. The van der Waals surface area contributed by atoms with Crippen molar-refractivity contribution in [1.82, 2.24) is 5.32 Å². The maximum absolute atomic E-state index is 12.6. The van der Waals surface area contributed by atoms with Gasteiger partial charge in [-0.3, -0.25) is 4.79 Å². The summed E-state index contributed by atoms with van der Waals surface area (Å²) >= 11 is 0. The highest BCUT2D eigenvalue weighted by atomic mass is 35.5. The second kappa shape index (κ2) is 8.59. The molecule has 27 heavy (non-hydrogen) atoms. The molecule has 0 bridgehead atoms. The average molecular weight is 385 g/mol. The van der Waals surface area contributed by atoms with E-state index in [1.54, 1.807) is 6.26 Å². The molecule has 0 atom stereocenters. The average Bonchev–Trinajstić information content (AvgIpc) is 3.26. The van der Waals surface area contributed by atoms with E-state index in [0.717, 1.165) is 53.7 Å². The molecule has 0 radical (unpaired) electrons. The van der Waals surface area contributed by atoms with Crippen molar-refractivity contribution in [2.75, 3.05) is 11.9 Å². The number of rotatable bonds is 6. The predicted octanol–water partition coefficient (Wildman–Crippen LogP) is 4.63. The van der Waals surface area contributed by atoms with Crippen LogP contribution in [0.25, 0.3) is 11.0 Å². The molecule has 4 nitrogen and oxygen atoms in total. The number of hydrogen-bond donors (Lipinski definition) is 2.